The lowest BCUT2D eigenvalue weighted by Crippen LogP contribution is -2.59. The molecule has 7 heteroatoms. The summed E-state index contributed by atoms with van der Waals surface area (Å²) in [5.41, 5.74) is 13.2. The van der Waals surface area contributed by atoms with E-state index in [0.29, 0.717) is 17.8 Å². The topological polar surface area (TPSA) is 59.0 Å². The molecule has 4 aromatic carbocycles. The molecule has 0 unspecified atom stereocenters. The fourth-order valence-electron chi connectivity index (χ4n) is 8.73. The van der Waals surface area contributed by atoms with Crippen LogP contribution in [0, 0.1) is 12.8 Å². The second-order valence-electron chi connectivity index (χ2n) is 17.7. The average Bonchev–Trinajstić information content (AvgIpc) is 3.83. The quantitative estimate of drug-likeness (QED) is 0.167. The van der Waals surface area contributed by atoms with Crippen molar-refractivity contribution in [1.82, 2.24) is 19.4 Å². The molecule has 0 radical (unpaired) electrons. The molecule has 2 aliphatic rings. The van der Waals surface area contributed by atoms with E-state index >= 15 is 0 Å². The van der Waals surface area contributed by atoms with Gasteiger partial charge in [0.15, 0.2) is 0 Å². The fourth-order valence-corrected chi connectivity index (χ4v) is 8.73. The highest BCUT2D eigenvalue weighted by Gasteiger charge is 2.43. The lowest BCUT2D eigenvalue weighted by atomic mass is 9.57. The van der Waals surface area contributed by atoms with Crippen LogP contribution in [-0.2, 0) is 10.8 Å². The predicted octanol–water partition coefficient (Wildman–Crippen LogP) is 11.2. The van der Waals surface area contributed by atoms with Gasteiger partial charge in [0.1, 0.15) is 23.1 Å². The van der Waals surface area contributed by atoms with Gasteiger partial charge in [0, 0.05) is 58.5 Å². The van der Waals surface area contributed by atoms with Gasteiger partial charge in [0.05, 0.1) is 0 Å². The highest BCUT2D eigenvalue weighted by Crippen LogP contribution is 2.48. The molecule has 2 aliphatic heterocycles. The van der Waals surface area contributed by atoms with Crippen molar-refractivity contribution in [2.75, 3.05) is 11.4 Å². The first-order valence-electron chi connectivity index (χ1n) is 19.7. The molecule has 6 nitrogen and oxygen atoms in total. The van der Waals surface area contributed by atoms with E-state index in [1.54, 1.807) is 0 Å². The number of benzene rings is 4. The zero-order valence-electron chi connectivity index (χ0n) is 33.9. The van der Waals surface area contributed by atoms with Crippen LogP contribution < -0.4 is 15.0 Å². The van der Waals surface area contributed by atoms with Crippen molar-refractivity contribution in [3.8, 4) is 45.4 Å². The number of hydrogen-bond donors (Lipinski definition) is 1. The van der Waals surface area contributed by atoms with Crippen molar-refractivity contribution in [3.05, 3.63) is 119 Å². The Morgan fingerprint density at radius 1 is 0.741 bits per heavy atom. The number of H-pyrrole nitrogens is 1. The molecular formula is C47H54BN5O. The van der Waals surface area contributed by atoms with Crippen molar-refractivity contribution in [2.24, 2.45) is 5.92 Å². The number of nitrogens with zero attached hydrogens (tertiary/aromatic N) is 4. The number of anilines is 1. The van der Waals surface area contributed by atoms with Crippen LogP contribution in [0.1, 0.15) is 109 Å². The van der Waals surface area contributed by atoms with Crippen molar-refractivity contribution >= 4 is 18.1 Å². The van der Waals surface area contributed by atoms with Gasteiger partial charge in [-0.3, -0.25) is 0 Å². The number of aromatic nitrogens is 4. The summed E-state index contributed by atoms with van der Waals surface area (Å²) in [5, 5.41) is 0. The molecule has 0 saturated heterocycles. The molecule has 2 aromatic heterocycles. The van der Waals surface area contributed by atoms with E-state index in [1.165, 1.54) is 39.0 Å². The maximum absolute atomic E-state index is 6.77. The first kappa shape index (κ1) is 36.0. The summed E-state index contributed by atoms with van der Waals surface area (Å²) >= 11 is 0. The van der Waals surface area contributed by atoms with Crippen LogP contribution in [0.4, 0.5) is 5.69 Å². The average molecular weight is 716 g/mol. The Hall–Kier alpha value is -5.04. The maximum atomic E-state index is 6.77. The Morgan fingerprint density at radius 3 is 2.11 bits per heavy atom. The summed E-state index contributed by atoms with van der Waals surface area (Å²) in [6.07, 6.45) is 6.12. The van der Waals surface area contributed by atoms with Crippen LogP contribution in [0.5, 0.6) is 11.5 Å². The van der Waals surface area contributed by atoms with Gasteiger partial charge in [-0.1, -0.05) is 106 Å². The minimum atomic E-state index is -0.180. The molecule has 0 spiro atoms. The highest BCUT2D eigenvalue weighted by molar-refractivity contribution is 6.77. The van der Waals surface area contributed by atoms with Gasteiger partial charge in [0.2, 0.25) is 0 Å². The summed E-state index contributed by atoms with van der Waals surface area (Å²) in [6.45, 7) is 26.2. The standard InChI is InChI=1S/C47H54BN5O/c1-28(2)27-53-41-20-18-34(25-40(41)45-49-21-22-52(45)48(53)43-35(29(3)4)13-12-14-36(43)30(5)6)54-33-17-19-37-38-23-32(16-15-31(38)7)46(8,9)47(10,11)42-26-50-44(51-42)39(37)24-33/h12-26,28-30H,27H2,1-11H3,(H,50,51). The van der Waals surface area contributed by atoms with Gasteiger partial charge >= 0.3 is 6.98 Å². The molecule has 1 N–H and O–H groups in total. The monoisotopic (exact) mass is 715 g/mol. The highest BCUT2D eigenvalue weighted by atomic mass is 16.5. The van der Waals surface area contributed by atoms with Crippen LogP contribution >= 0.6 is 0 Å². The van der Waals surface area contributed by atoms with Gasteiger partial charge in [-0.05, 0) is 99.9 Å². The van der Waals surface area contributed by atoms with Gasteiger partial charge in [-0.25, -0.2) is 9.97 Å². The molecule has 4 bridgehead atoms. The van der Waals surface area contributed by atoms with Gasteiger partial charge in [0.25, 0.3) is 0 Å². The Bertz CT molecular complexity index is 2350. The number of hydrogen-bond acceptors (Lipinski definition) is 4. The molecule has 0 fully saturated rings. The minimum absolute atomic E-state index is 0.00203. The summed E-state index contributed by atoms with van der Waals surface area (Å²) in [5.74, 6) is 4.59. The van der Waals surface area contributed by atoms with Crippen molar-refractivity contribution < 1.29 is 4.74 Å². The summed E-state index contributed by atoms with van der Waals surface area (Å²) in [7, 11) is 0. The number of imidazole rings is 2. The molecule has 276 valence electrons. The number of rotatable bonds is 7. The van der Waals surface area contributed by atoms with E-state index in [9.17, 15) is 0 Å². The zero-order valence-corrected chi connectivity index (χ0v) is 33.9. The number of ether oxygens (including phenoxy) is 1. The van der Waals surface area contributed by atoms with E-state index in [0.717, 1.165) is 52.1 Å². The lowest BCUT2D eigenvalue weighted by molar-refractivity contribution is 0.296. The van der Waals surface area contributed by atoms with Gasteiger partial charge in [-0.15, -0.1) is 0 Å². The molecule has 4 heterocycles. The third-order valence-corrected chi connectivity index (χ3v) is 12.5. The predicted molar refractivity (Wildman–Crippen MR) is 226 cm³/mol. The Morgan fingerprint density at radius 2 is 1.43 bits per heavy atom. The minimum Gasteiger partial charge on any atom is -0.457 e. The SMILES string of the molecule is Cc1ccc2cc1-c1ccc(Oc3ccc4c(c3)-c3nccn3B(c3c(C(C)C)cccc3C(C)C)N4CC(C)C)cc1-c1ncc([nH]1)C(C)(C)C2(C)C. The van der Waals surface area contributed by atoms with Crippen LogP contribution in [-0.4, -0.2) is 33.0 Å². The molecule has 54 heavy (non-hydrogen) atoms. The third kappa shape index (κ3) is 5.70. The molecule has 0 atom stereocenters. The summed E-state index contributed by atoms with van der Waals surface area (Å²) in [4.78, 5) is 16.3. The Balaban J connectivity index is 1.23. The largest absolute Gasteiger partial charge is 0.457 e. The number of fused-ring (bicyclic) bond motifs is 10. The van der Waals surface area contributed by atoms with Crippen molar-refractivity contribution in [1.29, 1.82) is 0 Å². The van der Waals surface area contributed by atoms with E-state index < -0.39 is 0 Å². The Kier molecular flexibility index (Phi) is 8.71. The second-order valence-corrected chi connectivity index (χ2v) is 17.7. The fraction of sp³-hybridized carbons (Fsp3) is 0.362. The smallest absolute Gasteiger partial charge is 0.417 e. The number of aryl methyl sites for hydroxylation is 1. The van der Waals surface area contributed by atoms with Crippen LogP contribution in [0.15, 0.2) is 91.4 Å². The Labute approximate surface area is 322 Å². The van der Waals surface area contributed by atoms with E-state index in [-0.39, 0.29) is 17.8 Å². The van der Waals surface area contributed by atoms with Gasteiger partial charge < -0.3 is 19.0 Å². The molecule has 0 aliphatic carbocycles. The first-order valence-corrected chi connectivity index (χ1v) is 19.7. The van der Waals surface area contributed by atoms with Gasteiger partial charge in [-0.2, -0.15) is 0 Å². The van der Waals surface area contributed by atoms with Crippen LogP contribution in [0.2, 0.25) is 0 Å². The zero-order chi connectivity index (χ0) is 38.3. The summed E-state index contributed by atoms with van der Waals surface area (Å²) in [6, 6.07) is 26.7. The molecular weight excluding hydrogens is 661 g/mol. The van der Waals surface area contributed by atoms with E-state index in [4.69, 9.17) is 14.7 Å². The molecule has 6 aromatic rings. The first-order chi connectivity index (χ1) is 25.7. The van der Waals surface area contributed by atoms with Crippen molar-refractivity contribution in [2.45, 2.75) is 98.8 Å². The molecule has 0 amide bonds. The molecule has 8 rings (SSSR count). The second kappa shape index (κ2) is 13.1. The van der Waals surface area contributed by atoms with Crippen molar-refractivity contribution in [3.63, 3.8) is 0 Å². The number of aromatic amines is 1. The lowest BCUT2D eigenvalue weighted by Gasteiger charge is -2.42. The van der Waals surface area contributed by atoms with E-state index in [2.05, 4.69) is 169 Å². The van der Waals surface area contributed by atoms with Crippen LogP contribution in [0.3, 0.4) is 0 Å². The summed E-state index contributed by atoms with van der Waals surface area (Å²) < 4.78 is 9.15. The molecule has 0 saturated carbocycles. The normalized spacial score (nSPS) is 15.4. The third-order valence-electron chi connectivity index (χ3n) is 12.5. The maximum Gasteiger partial charge on any atom is 0.417 e. The van der Waals surface area contributed by atoms with Crippen LogP contribution in [0.25, 0.3) is 33.9 Å². The number of nitrogens with one attached hydrogen (secondary N) is 1. The van der Waals surface area contributed by atoms with E-state index in [1.807, 2.05) is 12.4 Å².